The summed E-state index contributed by atoms with van der Waals surface area (Å²) in [5.41, 5.74) is 0.171. The van der Waals surface area contributed by atoms with Crippen LogP contribution in [0.5, 0.6) is 0 Å². The third-order valence-electron chi connectivity index (χ3n) is 4.88. The quantitative estimate of drug-likeness (QED) is 0.321. The minimum Gasteiger partial charge on any atom is -0.408 e. The molecule has 1 aromatic rings. The number of amides is 2. The van der Waals surface area contributed by atoms with Gasteiger partial charge < -0.3 is 25.0 Å². The van der Waals surface area contributed by atoms with Gasteiger partial charge in [0.1, 0.15) is 0 Å². The molecule has 1 saturated heterocycles. The van der Waals surface area contributed by atoms with Crippen LogP contribution in [-0.4, -0.2) is 80.9 Å². The summed E-state index contributed by atoms with van der Waals surface area (Å²) in [5.74, 6) is -0.957. The van der Waals surface area contributed by atoms with Gasteiger partial charge in [-0.25, -0.2) is 0 Å². The number of carbonyl (C=O) groups excluding carboxylic acids is 2. The van der Waals surface area contributed by atoms with Crippen LogP contribution >= 0.6 is 39.1 Å². The molecule has 1 aliphatic rings. The molecule has 1 aliphatic heterocycles. The number of β-amino-alcohol motifs (C(OH)–C–C–N with tert-alkyl or cyclic N) is 1. The molecule has 3 N–H and O–H groups in total. The van der Waals surface area contributed by atoms with Crippen LogP contribution in [0, 0.1) is 5.92 Å². The van der Waals surface area contributed by atoms with E-state index in [1.807, 2.05) is 13.8 Å². The van der Waals surface area contributed by atoms with Crippen molar-refractivity contribution < 1.29 is 24.0 Å². The highest BCUT2D eigenvalue weighted by molar-refractivity contribution is 9.10. The maximum absolute atomic E-state index is 12.6. The molecule has 8 nitrogen and oxygen atoms in total. The maximum Gasteiger partial charge on any atom is 0.480 e. The van der Waals surface area contributed by atoms with Gasteiger partial charge in [0.2, 0.25) is 5.91 Å². The van der Waals surface area contributed by atoms with Crippen molar-refractivity contribution in [1.29, 1.82) is 0 Å². The Balaban J connectivity index is 1.95. The first-order valence-corrected chi connectivity index (χ1v) is 12.0. The lowest BCUT2D eigenvalue weighted by Crippen LogP contribution is -2.54. The summed E-state index contributed by atoms with van der Waals surface area (Å²) in [5, 5.41) is 15.0. The molecule has 178 valence electrons. The number of hydrogen-bond acceptors (Lipinski definition) is 6. The first-order chi connectivity index (χ1) is 15.2. The summed E-state index contributed by atoms with van der Waals surface area (Å²) in [6.07, 6.45) is 0.649. The van der Waals surface area contributed by atoms with Crippen LogP contribution in [0.4, 0.5) is 0 Å². The highest BCUT2D eigenvalue weighted by atomic mass is 79.9. The van der Waals surface area contributed by atoms with Crippen molar-refractivity contribution in [2.75, 3.05) is 46.0 Å². The van der Waals surface area contributed by atoms with Crippen molar-refractivity contribution >= 4 is 58.1 Å². The van der Waals surface area contributed by atoms with Gasteiger partial charge in [0.25, 0.3) is 5.91 Å². The number of benzene rings is 1. The third-order valence-corrected chi connectivity index (χ3v) is 6.34. The number of aliphatic hydroxyl groups is 1. The number of hydrogen-bond donors (Lipinski definition) is 3. The van der Waals surface area contributed by atoms with E-state index in [2.05, 4.69) is 31.5 Å². The third kappa shape index (κ3) is 8.48. The predicted octanol–water partition coefficient (Wildman–Crippen LogP) is 2.39. The minimum absolute atomic E-state index is 0.0815. The van der Waals surface area contributed by atoms with E-state index in [1.165, 1.54) is 0 Å². The lowest BCUT2D eigenvalue weighted by molar-refractivity contribution is -0.120. The Labute approximate surface area is 207 Å². The standard InChI is InChI=1S/C20H29BBrCl2N3O5/c1-13(2)11-16(21-31-9-6-27(5-8-28)7-10-32-21)26-17(29)12-25-20(30)18-14(22)3-4-15(23)19(18)24/h3-4,13,16,28H,5-12H2,1-2H3,(H,25,30)(H,26,29)/t16-/m0/s1. The number of carbonyl (C=O) groups is 2. The molecular weight excluding hydrogens is 524 g/mol. The number of nitrogens with zero attached hydrogens (tertiary/aromatic N) is 1. The van der Waals surface area contributed by atoms with E-state index in [-0.39, 0.29) is 40.6 Å². The summed E-state index contributed by atoms with van der Waals surface area (Å²) in [6.45, 7) is 6.70. The molecule has 1 heterocycles. The number of nitrogens with one attached hydrogen (secondary N) is 2. The Bertz CT molecular complexity index is 780. The van der Waals surface area contributed by atoms with Crippen LogP contribution in [0.3, 0.4) is 0 Å². The molecular formula is C20H29BBrCl2N3O5. The van der Waals surface area contributed by atoms with E-state index in [4.69, 9.17) is 37.6 Å². The highest BCUT2D eigenvalue weighted by Gasteiger charge is 2.33. The SMILES string of the molecule is CC(C)C[C@H](NC(=O)CNC(=O)c1c(Br)ccc(Cl)c1Cl)B1OCCN(CCO)CCO1. The summed E-state index contributed by atoms with van der Waals surface area (Å²) in [7, 11) is -0.593. The molecule has 1 atom stereocenters. The fourth-order valence-corrected chi connectivity index (χ4v) is 4.37. The first kappa shape index (κ1) is 27.4. The van der Waals surface area contributed by atoms with Crippen molar-refractivity contribution in [2.45, 2.75) is 26.2 Å². The Hall–Kier alpha value is -0.875. The molecule has 0 spiro atoms. The Morgan fingerprint density at radius 1 is 1.25 bits per heavy atom. The molecule has 2 amide bonds. The van der Waals surface area contributed by atoms with Crippen LogP contribution in [-0.2, 0) is 14.1 Å². The Kier molecular flexibility index (Phi) is 11.8. The van der Waals surface area contributed by atoms with Crippen molar-refractivity contribution in [2.24, 2.45) is 5.92 Å². The van der Waals surface area contributed by atoms with Crippen LogP contribution in [0.25, 0.3) is 0 Å². The molecule has 1 fully saturated rings. The topological polar surface area (TPSA) is 100 Å². The molecule has 12 heteroatoms. The maximum atomic E-state index is 12.6. The zero-order valence-corrected chi connectivity index (χ0v) is 21.3. The Morgan fingerprint density at radius 3 is 2.50 bits per heavy atom. The van der Waals surface area contributed by atoms with E-state index < -0.39 is 13.0 Å². The van der Waals surface area contributed by atoms with E-state index in [9.17, 15) is 9.59 Å². The minimum atomic E-state index is -0.593. The molecule has 0 aliphatic carbocycles. The highest BCUT2D eigenvalue weighted by Crippen LogP contribution is 2.31. The summed E-state index contributed by atoms with van der Waals surface area (Å²) >= 11 is 15.4. The lowest BCUT2D eigenvalue weighted by atomic mass is 9.73. The van der Waals surface area contributed by atoms with Gasteiger partial charge in [-0.2, -0.15) is 0 Å². The summed E-state index contributed by atoms with van der Waals surface area (Å²) in [6, 6.07) is 3.19. The molecule has 0 saturated carbocycles. The number of aliphatic hydroxyl groups excluding tert-OH is 1. The second kappa shape index (κ2) is 13.7. The largest absolute Gasteiger partial charge is 0.480 e. The van der Waals surface area contributed by atoms with E-state index in [1.54, 1.807) is 12.1 Å². The van der Waals surface area contributed by atoms with Crippen molar-refractivity contribution in [1.82, 2.24) is 15.5 Å². The van der Waals surface area contributed by atoms with Gasteiger partial charge in [-0.05, 0) is 40.4 Å². The van der Waals surface area contributed by atoms with Gasteiger partial charge in [0.05, 0.1) is 34.7 Å². The average Bonchev–Trinajstić information content (AvgIpc) is 2.70. The molecule has 0 aromatic heterocycles. The second-order valence-corrected chi connectivity index (χ2v) is 9.52. The Morgan fingerprint density at radius 2 is 1.91 bits per heavy atom. The molecule has 2 rings (SSSR count). The van der Waals surface area contributed by atoms with Crippen LogP contribution in [0.1, 0.15) is 30.6 Å². The van der Waals surface area contributed by atoms with Crippen molar-refractivity contribution in [3.63, 3.8) is 0 Å². The fraction of sp³-hybridized carbons (Fsp3) is 0.600. The predicted molar refractivity (Wildman–Crippen MR) is 129 cm³/mol. The summed E-state index contributed by atoms with van der Waals surface area (Å²) in [4.78, 5) is 27.2. The zero-order valence-electron chi connectivity index (χ0n) is 18.2. The zero-order chi connectivity index (χ0) is 23.7. The molecule has 0 bridgehead atoms. The second-order valence-electron chi connectivity index (χ2n) is 7.88. The van der Waals surface area contributed by atoms with Crippen molar-refractivity contribution in [3.05, 3.63) is 32.2 Å². The van der Waals surface area contributed by atoms with E-state index >= 15 is 0 Å². The van der Waals surface area contributed by atoms with E-state index in [0.29, 0.717) is 49.7 Å². The lowest BCUT2D eigenvalue weighted by Gasteiger charge is -2.31. The van der Waals surface area contributed by atoms with Gasteiger partial charge in [-0.15, -0.1) is 0 Å². The number of rotatable bonds is 9. The van der Waals surface area contributed by atoms with Gasteiger partial charge >= 0.3 is 7.12 Å². The molecule has 32 heavy (non-hydrogen) atoms. The normalized spacial score (nSPS) is 16.4. The van der Waals surface area contributed by atoms with Crippen molar-refractivity contribution in [3.8, 4) is 0 Å². The van der Waals surface area contributed by atoms with Gasteiger partial charge in [0, 0.05) is 37.3 Å². The van der Waals surface area contributed by atoms with Crippen LogP contribution in [0.15, 0.2) is 16.6 Å². The monoisotopic (exact) mass is 551 g/mol. The average molecular weight is 553 g/mol. The number of halogens is 3. The summed E-state index contributed by atoms with van der Waals surface area (Å²) < 4.78 is 12.2. The fourth-order valence-electron chi connectivity index (χ4n) is 3.34. The molecule has 1 aromatic carbocycles. The van der Waals surface area contributed by atoms with Gasteiger partial charge in [-0.3, -0.25) is 14.5 Å². The van der Waals surface area contributed by atoms with E-state index in [0.717, 1.165) is 0 Å². The molecule has 0 radical (unpaired) electrons. The van der Waals surface area contributed by atoms with Crippen LogP contribution < -0.4 is 10.6 Å². The first-order valence-electron chi connectivity index (χ1n) is 10.5. The smallest absolute Gasteiger partial charge is 0.408 e. The van der Waals surface area contributed by atoms with Gasteiger partial charge in [-0.1, -0.05) is 37.0 Å². The van der Waals surface area contributed by atoms with Gasteiger partial charge in [0.15, 0.2) is 0 Å². The van der Waals surface area contributed by atoms with Crippen LogP contribution in [0.2, 0.25) is 10.0 Å². The molecule has 0 unspecified atom stereocenters.